The van der Waals surface area contributed by atoms with E-state index in [9.17, 15) is 0 Å². The summed E-state index contributed by atoms with van der Waals surface area (Å²) in [5.74, 6) is 0. The minimum Gasteiger partial charge on any atom is -1.00 e. The molecule has 0 bridgehead atoms. The van der Waals surface area contributed by atoms with Gasteiger partial charge in [0.15, 0.2) is 0 Å². The summed E-state index contributed by atoms with van der Waals surface area (Å²) in [6.07, 6.45) is 3.42. The summed E-state index contributed by atoms with van der Waals surface area (Å²) < 4.78 is 4.90. The molecule has 0 N–H and O–H groups in total. The molecule has 0 aliphatic heterocycles. The average molecular weight is 166 g/mol. The number of hydrogen-bond donors (Lipinski definition) is 0. The van der Waals surface area contributed by atoms with Crippen LogP contribution in [0.2, 0.25) is 0 Å². The molecule has 0 aromatic heterocycles. The Morgan fingerprint density at radius 1 is 0.909 bits per heavy atom. The van der Waals surface area contributed by atoms with Crippen molar-refractivity contribution in [2.24, 2.45) is 0 Å². The van der Waals surface area contributed by atoms with Crippen LogP contribution in [0.1, 0.15) is 0 Å². The monoisotopic (exact) mass is 166 g/mol. The third-order valence-corrected chi connectivity index (χ3v) is 0.471. The van der Waals surface area contributed by atoms with Gasteiger partial charge in [-0.2, -0.15) is 0 Å². The molecule has 0 unspecified atom stereocenters. The summed E-state index contributed by atoms with van der Waals surface area (Å²) in [7, 11) is 0. The molecule has 0 saturated heterocycles. The quantitative estimate of drug-likeness (QED) is 0.229. The van der Waals surface area contributed by atoms with Crippen LogP contribution in [0.3, 0.4) is 0 Å². The van der Waals surface area contributed by atoms with Crippen LogP contribution < -0.4 is 14.1 Å². The van der Waals surface area contributed by atoms with Crippen molar-refractivity contribution in [1.82, 2.24) is 0 Å². The molecular weight excluding hydrogens is 156 g/mol. The molecule has 0 aliphatic rings. The molecule has 0 heterocycles. The predicted molar refractivity (Wildman–Crippen MR) is 37.0 cm³/mol. The van der Waals surface area contributed by atoms with E-state index in [0.717, 1.165) is 0 Å². The van der Waals surface area contributed by atoms with Crippen LogP contribution in [-0.4, -0.2) is 21.6 Å². The zero-order valence-corrected chi connectivity index (χ0v) is 6.10. The van der Waals surface area contributed by atoms with Crippen molar-refractivity contribution in [2.45, 2.75) is 0 Å². The van der Waals surface area contributed by atoms with Crippen LogP contribution in [0, 0.1) is 0 Å². The van der Waals surface area contributed by atoms with Gasteiger partial charge >= 0.3 is 8.41 Å². The van der Waals surface area contributed by atoms with Gasteiger partial charge in [0.2, 0.25) is 0 Å². The first-order chi connectivity index (χ1) is 3.41. The second kappa shape index (κ2) is 34.7. The van der Waals surface area contributed by atoms with Gasteiger partial charge in [-0.15, -0.1) is 13.2 Å². The van der Waals surface area contributed by atoms with Gasteiger partial charge in [-0.3, -0.25) is 0 Å². The van der Waals surface area contributed by atoms with E-state index in [4.69, 9.17) is 4.74 Å². The zero-order valence-electron chi connectivity index (χ0n) is 6.10. The SMILES string of the molecule is C=CCOCC=C.[B+3].[F-].[F-].[F-]. The Bertz CT molecular complexity index is 62.8. The van der Waals surface area contributed by atoms with E-state index in [1.165, 1.54) is 0 Å². The van der Waals surface area contributed by atoms with Crippen molar-refractivity contribution in [1.29, 1.82) is 0 Å². The fraction of sp³-hybridized carbons (Fsp3) is 0.333. The maximum absolute atomic E-state index is 4.90. The van der Waals surface area contributed by atoms with E-state index in [1.54, 1.807) is 12.2 Å². The summed E-state index contributed by atoms with van der Waals surface area (Å²) in [5.41, 5.74) is 0. The predicted octanol–water partition coefficient (Wildman–Crippen LogP) is -7.99. The molecule has 0 radical (unpaired) electrons. The molecule has 64 valence electrons. The molecule has 0 aromatic rings. The van der Waals surface area contributed by atoms with Crippen LogP contribution in [0.15, 0.2) is 25.3 Å². The van der Waals surface area contributed by atoms with Crippen LogP contribution in [0.4, 0.5) is 0 Å². The molecule has 0 fully saturated rings. The molecule has 0 rings (SSSR count). The Morgan fingerprint density at radius 3 is 1.36 bits per heavy atom. The van der Waals surface area contributed by atoms with Crippen molar-refractivity contribution < 1.29 is 18.9 Å². The largest absolute Gasteiger partial charge is 3.00 e. The Labute approximate surface area is 66.8 Å². The van der Waals surface area contributed by atoms with E-state index in [1.807, 2.05) is 0 Å². The van der Waals surface area contributed by atoms with Gasteiger partial charge in [0, 0.05) is 0 Å². The van der Waals surface area contributed by atoms with E-state index >= 15 is 0 Å². The molecule has 0 aromatic carbocycles. The molecule has 0 saturated carbocycles. The summed E-state index contributed by atoms with van der Waals surface area (Å²) in [6, 6.07) is 0. The average Bonchev–Trinajstić information content (AvgIpc) is 1.69. The topological polar surface area (TPSA) is 9.23 Å². The summed E-state index contributed by atoms with van der Waals surface area (Å²) in [4.78, 5) is 0. The van der Waals surface area contributed by atoms with Crippen molar-refractivity contribution in [3.63, 3.8) is 0 Å². The van der Waals surface area contributed by atoms with Gasteiger partial charge in [0.25, 0.3) is 0 Å². The first kappa shape index (κ1) is 31.7. The molecule has 11 heavy (non-hydrogen) atoms. The van der Waals surface area contributed by atoms with E-state index in [2.05, 4.69) is 13.2 Å². The maximum atomic E-state index is 4.90. The maximum Gasteiger partial charge on any atom is 3.00 e. The Morgan fingerprint density at radius 2 is 1.18 bits per heavy atom. The van der Waals surface area contributed by atoms with Gasteiger partial charge in [0.05, 0.1) is 13.2 Å². The van der Waals surface area contributed by atoms with E-state index < -0.39 is 0 Å². The fourth-order valence-corrected chi connectivity index (χ4v) is 0.235. The number of halogens is 3. The third-order valence-electron chi connectivity index (χ3n) is 0.471. The van der Waals surface area contributed by atoms with Gasteiger partial charge in [0.1, 0.15) is 0 Å². The van der Waals surface area contributed by atoms with Crippen molar-refractivity contribution in [3.05, 3.63) is 25.3 Å². The number of ether oxygens (including phenoxy) is 1. The molecule has 0 amide bonds. The Hall–Kier alpha value is -0.705. The molecule has 1 nitrogen and oxygen atoms in total. The first-order valence-corrected chi connectivity index (χ1v) is 2.21. The van der Waals surface area contributed by atoms with Crippen LogP contribution in [0.5, 0.6) is 0 Å². The number of rotatable bonds is 4. The standard InChI is InChI=1S/C6H10O.B.3FH/c1-3-5-7-6-4-2;;;;/h3-4H,1-2,5-6H2;;3*1H/q;+3;;;/p-3. The summed E-state index contributed by atoms with van der Waals surface area (Å²) in [6.45, 7) is 8.18. The number of hydrogen-bond acceptors (Lipinski definition) is 1. The second-order valence-electron chi connectivity index (χ2n) is 1.11. The summed E-state index contributed by atoms with van der Waals surface area (Å²) in [5, 5.41) is 0. The van der Waals surface area contributed by atoms with Crippen LogP contribution in [-0.2, 0) is 4.74 Å². The normalized spacial score (nSPS) is 5.09. The second-order valence-corrected chi connectivity index (χ2v) is 1.11. The van der Waals surface area contributed by atoms with Crippen LogP contribution >= 0.6 is 0 Å². The van der Waals surface area contributed by atoms with Gasteiger partial charge < -0.3 is 18.9 Å². The van der Waals surface area contributed by atoms with Gasteiger partial charge in [-0.05, 0) is 0 Å². The van der Waals surface area contributed by atoms with Gasteiger partial charge in [-0.1, -0.05) is 12.2 Å². The molecule has 0 atom stereocenters. The zero-order chi connectivity index (χ0) is 5.54. The molecule has 5 heteroatoms. The summed E-state index contributed by atoms with van der Waals surface area (Å²) >= 11 is 0. The first-order valence-electron chi connectivity index (χ1n) is 2.21. The van der Waals surface area contributed by atoms with Crippen molar-refractivity contribution >= 4 is 8.41 Å². The smallest absolute Gasteiger partial charge is 1.00 e. The van der Waals surface area contributed by atoms with Crippen molar-refractivity contribution in [2.75, 3.05) is 13.2 Å². The Balaban J connectivity index is -0.0000000300. The fourth-order valence-electron chi connectivity index (χ4n) is 0.235. The van der Waals surface area contributed by atoms with Gasteiger partial charge in [-0.25, -0.2) is 0 Å². The molecular formula is C6H10BF3O. The van der Waals surface area contributed by atoms with Crippen molar-refractivity contribution in [3.8, 4) is 0 Å². The van der Waals surface area contributed by atoms with Crippen LogP contribution in [0.25, 0.3) is 0 Å². The third kappa shape index (κ3) is 45.6. The minimum absolute atomic E-state index is 0. The Kier molecular flexibility index (Phi) is 100.0. The molecule has 0 spiro atoms. The molecule has 0 aliphatic carbocycles. The minimum atomic E-state index is 0. The van der Waals surface area contributed by atoms with E-state index in [-0.39, 0.29) is 22.5 Å². The van der Waals surface area contributed by atoms with E-state index in [0.29, 0.717) is 13.2 Å².